The summed E-state index contributed by atoms with van der Waals surface area (Å²) in [5, 5.41) is 8.75. The van der Waals surface area contributed by atoms with Crippen LogP contribution < -0.4 is 0 Å². The molecular formula is C22H21FO4. The van der Waals surface area contributed by atoms with Crippen LogP contribution in [0, 0.1) is 17.7 Å². The van der Waals surface area contributed by atoms with E-state index in [1.54, 1.807) is 45.0 Å². The summed E-state index contributed by atoms with van der Waals surface area (Å²) >= 11 is 0. The minimum absolute atomic E-state index is 0.117. The van der Waals surface area contributed by atoms with Gasteiger partial charge >= 0.3 is 11.9 Å². The van der Waals surface area contributed by atoms with Gasteiger partial charge in [-0.1, -0.05) is 30.0 Å². The van der Waals surface area contributed by atoms with Crippen LogP contribution in [0.1, 0.15) is 43.0 Å². The van der Waals surface area contributed by atoms with E-state index < -0.39 is 17.2 Å². The predicted molar refractivity (Wildman–Crippen MR) is 99.8 cm³/mol. The molecule has 0 saturated heterocycles. The van der Waals surface area contributed by atoms with Gasteiger partial charge in [-0.3, -0.25) is 9.59 Å². The summed E-state index contributed by atoms with van der Waals surface area (Å²) in [4.78, 5) is 22.9. The fourth-order valence-corrected chi connectivity index (χ4v) is 2.49. The molecule has 2 aromatic rings. The molecule has 5 heteroatoms. The fraction of sp³-hybridized carbons (Fsp3) is 0.273. The molecule has 4 nitrogen and oxygen atoms in total. The van der Waals surface area contributed by atoms with Gasteiger partial charge in [-0.25, -0.2) is 4.39 Å². The highest BCUT2D eigenvalue weighted by atomic mass is 19.1. The summed E-state index contributed by atoms with van der Waals surface area (Å²) < 4.78 is 19.1. The number of carboxylic acid groups (broad SMARTS) is 1. The molecule has 0 saturated carbocycles. The second-order valence-electron chi connectivity index (χ2n) is 6.55. The smallest absolute Gasteiger partial charge is 0.315 e. The van der Waals surface area contributed by atoms with Crippen LogP contribution in [0.3, 0.4) is 0 Å². The van der Waals surface area contributed by atoms with Crippen LogP contribution in [0.25, 0.3) is 0 Å². The van der Waals surface area contributed by atoms with E-state index in [1.165, 1.54) is 12.1 Å². The first-order chi connectivity index (χ1) is 12.7. The van der Waals surface area contributed by atoms with Crippen molar-refractivity contribution < 1.29 is 23.8 Å². The number of benzene rings is 2. The van der Waals surface area contributed by atoms with E-state index in [1.807, 2.05) is 6.07 Å². The molecule has 0 unspecified atom stereocenters. The molecule has 2 rings (SSSR count). The molecule has 27 heavy (non-hydrogen) atoms. The molecule has 0 atom stereocenters. The second-order valence-corrected chi connectivity index (χ2v) is 6.55. The highest BCUT2D eigenvalue weighted by Crippen LogP contribution is 2.25. The van der Waals surface area contributed by atoms with Gasteiger partial charge in [0.05, 0.1) is 18.4 Å². The molecule has 0 aliphatic heterocycles. The average Bonchev–Trinajstić information content (AvgIpc) is 2.62. The van der Waals surface area contributed by atoms with Crippen LogP contribution in [0.5, 0.6) is 0 Å². The van der Waals surface area contributed by atoms with Crippen LogP contribution in [-0.4, -0.2) is 23.7 Å². The molecule has 140 valence electrons. The number of esters is 1. The highest BCUT2D eigenvalue weighted by Gasteiger charge is 2.31. The summed E-state index contributed by atoms with van der Waals surface area (Å²) in [6, 6.07) is 11.5. The Balaban J connectivity index is 2.26. The third-order valence-corrected chi connectivity index (χ3v) is 4.12. The van der Waals surface area contributed by atoms with E-state index >= 15 is 0 Å². The standard InChI is InChI=1S/C22H21FO4/c1-4-27-21(26)22(2,3)18-7-5-6-15(12-18)8-9-16-10-11-17(14-20(24)25)19(23)13-16/h5-7,10-13H,4,14H2,1-3H3,(H,24,25). The van der Waals surface area contributed by atoms with Gasteiger partial charge in [0.15, 0.2) is 0 Å². The number of carboxylic acids is 1. The molecule has 0 bridgehead atoms. The van der Waals surface area contributed by atoms with Crippen molar-refractivity contribution in [2.75, 3.05) is 6.61 Å². The van der Waals surface area contributed by atoms with Crippen LogP contribution in [0.2, 0.25) is 0 Å². The molecular weight excluding hydrogens is 347 g/mol. The van der Waals surface area contributed by atoms with Crippen molar-refractivity contribution in [3.05, 3.63) is 70.5 Å². The lowest BCUT2D eigenvalue weighted by Crippen LogP contribution is -2.31. The van der Waals surface area contributed by atoms with Crippen molar-refractivity contribution in [3.8, 4) is 11.8 Å². The lowest BCUT2D eigenvalue weighted by molar-refractivity contribution is -0.148. The molecule has 0 heterocycles. The Morgan fingerprint density at radius 1 is 1.11 bits per heavy atom. The Morgan fingerprint density at radius 3 is 2.37 bits per heavy atom. The van der Waals surface area contributed by atoms with Crippen LogP contribution in [0.4, 0.5) is 4.39 Å². The monoisotopic (exact) mass is 368 g/mol. The van der Waals surface area contributed by atoms with Gasteiger partial charge in [0, 0.05) is 11.1 Å². The second kappa shape index (κ2) is 8.50. The molecule has 2 aromatic carbocycles. The Hall–Kier alpha value is -3.13. The van der Waals surface area contributed by atoms with Gasteiger partial charge in [-0.15, -0.1) is 0 Å². The number of aliphatic carboxylic acids is 1. The average molecular weight is 368 g/mol. The normalized spacial score (nSPS) is 10.7. The quantitative estimate of drug-likeness (QED) is 0.646. The Kier molecular flexibility index (Phi) is 6.36. The van der Waals surface area contributed by atoms with Crippen LogP contribution in [-0.2, 0) is 26.2 Å². The van der Waals surface area contributed by atoms with E-state index in [0.717, 1.165) is 5.56 Å². The van der Waals surface area contributed by atoms with Gasteiger partial charge in [-0.05, 0) is 56.2 Å². The summed E-state index contributed by atoms with van der Waals surface area (Å²) in [5.41, 5.74) is 1.21. The maximum Gasteiger partial charge on any atom is 0.315 e. The summed E-state index contributed by atoms with van der Waals surface area (Å²) in [6.45, 7) is 5.64. The molecule has 0 aliphatic carbocycles. The summed E-state index contributed by atoms with van der Waals surface area (Å²) in [6.07, 6.45) is -0.371. The predicted octanol–water partition coefficient (Wildman–Crippen LogP) is 3.69. The van der Waals surface area contributed by atoms with Gasteiger partial charge < -0.3 is 9.84 Å². The lowest BCUT2D eigenvalue weighted by atomic mass is 9.84. The van der Waals surface area contributed by atoms with Gasteiger partial charge in [0.2, 0.25) is 0 Å². The summed E-state index contributed by atoms with van der Waals surface area (Å²) in [5.74, 6) is 3.81. The molecule has 0 aliphatic rings. The van der Waals surface area contributed by atoms with Gasteiger partial charge in [-0.2, -0.15) is 0 Å². The van der Waals surface area contributed by atoms with E-state index in [9.17, 15) is 14.0 Å². The third-order valence-electron chi connectivity index (χ3n) is 4.12. The van der Waals surface area contributed by atoms with E-state index in [2.05, 4.69) is 11.8 Å². The number of halogens is 1. The maximum atomic E-state index is 13.9. The Labute approximate surface area is 158 Å². The van der Waals surface area contributed by atoms with Gasteiger partial charge in [0.25, 0.3) is 0 Å². The number of carbonyl (C=O) groups is 2. The number of carbonyl (C=O) groups excluding carboxylic acids is 1. The number of hydrogen-bond donors (Lipinski definition) is 1. The third kappa shape index (κ3) is 5.18. The molecule has 0 aromatic heterocycles. The van der Waals surface area contributed by atoms with E-state index in [0.29, 0.717) is 17.7 Å². The Bertz CT molecular complexity index is 919. The first-order valence-corrected chi connectivity index (χ1v) is 8.54. The van der Waals surface area contributed by atoms with Crippen molar-refractivity contribution in [1.82, 2.24) is 0 Å². The zero-order valence-electron chi connectivity index (χ0n) is 15.5. The molecule has 0 radical (unpaired) electrons. The van der Waals surface area contributed by atoms with Crippen molar-refractivity contribution >= 4 is 11.9 Å². The van der Waals surface area contributed by atoms with Crippen molar-refractivity contribution in [2.24, 2.45) is 0 Å². The zero-order chi connectivity index (χ0) is 20.0. The molecule has 1 N–H and O–H groups in total. The zero-order valence-corrected chi connectivity index (χ0v) is 15.5. The van der Waals surface area contributed by atoms with E-state index in [4.69, 9.17) is 9.84 Å². The molecule has 0 fully saturated rings. The van der Waals surface area contributed by atoms with Crippen LogP contribution in [0.15, 0.2) is 42.5 Å². The summed E-state index contributed by atoms with van der Waals surface area (Å²) in [7, 11) is 0. The lowest BCUT2D eigenvalue weighted by Gasteiger charge is -2.22. The fourth-order valence-electron chi connectivity index (χ4n) is 2.49. The van der Waals surface area contributed by atoms with Crippen molar-refractivity contribution in [3.63, 3.8) is 0 Å². The minimum atomic E-state index is -1.09. The van der Waals surface area contributed by atoms with E-state index in [-0.39, 0.29) is 18.0 Å². The largest absolute Gasteiger partial charge is 0.481 e. The van der Waals surface area contributed by atoms with Crippen LogP contribution >= 0.6 is 0 Å². The Morgan fingerprint density at radius 2 is 1.78 bits per heavy atom. The van der Waals surface area contributed by atoms with Crippen molar-refractivity contribution in [2.45, 2.75) is 32.6 Å². The maximum absolute atomic E-state index is 13.9. The van der Waals surface area contributed by atoms with Crippen molar-refractivity contribution in [1.29, 1.82) is 0 Å². The number of rotatable bonds is 5. The highest BCUT2D eigenvalue weighted by molar-refractivity contribution is 5.82. The first kappa shape index (κ1) is 20.2. The topological polar surface area (TPSA) is 63.6 Å². The number of ether oxygens (including phenoxy) is 1. The minimum Gasteiger partial charge on any atom is -0.481 e. The SMILES string of the molecule is CCOC(=O)C(C)(C)c1cccc(C#Cc2ccc(CC(=O)O)c(F)c2)c1. The number of hydrogen-bond acceptors (Lipinski definition) is 3. The van der Waals surface area contributed by atoms with Gasteiger partial charge in [0.1, 0.15) is 5.82 Å². The molecule has 0 amide bonds. The first-order valence-electron chi connectivity index (χ1n) is 8.54. The molecule has 0 spiro atoms.